The van der Waals surface area contributed by atoms with Gasteiger partial charge >= 0.3 is 5.97 Å². The predicted molar refractivity (Wildman–Crippen MR) is 81.5 cm³/mol. The zero-order chi connectivity index (χ0) is 13.9. The third-order valence-electron chi connectivity index (χ3n) is 3.28. The van der Waals surface area contributed by atoms with Gasteiger partial charge in [0, 0.05) is 9.75 Å². The Morgan fingerprint density at radius 1 is 1.60 bits per heavy atom. The number of nitrogens with one attached hydrogen (secondary N) is 1. The van der Waals surface area contributed by atoms with Crippen LogP contribution in [0.2, 0.25) is 0 Å². The highest BCUT2D eigenvalue weighted by Crippen LogP contribution is 2.39. The summed E-state index contributed by atoms with van der Waals surface area (Å²) in [5.41, 5.74) is 0.919. The SMILES string of the molecule is CCOC(=O)C1CCc2sc(NCc3cccs3)nc21. The van der Waals surface area contributed by atoms with Gasteiger partial charge in [-0.2, -0.15) is 0 Å². The van der Waals surface area contributed by atoms with Crippen LogP contribution in [0.5, 0.6) is 0 Å². The molecule has 106 valence electrons. The van der Waals surface area contributed by atoms with Crippen LogP contribution in [0.4, 0.5) is 5.13 Å². The van der Waals surface area contributed by atoms with Gasteiger partial charge in [0.2, 0.25) is 0 Å². The number of hydrogen-bond acceptors (Lipinski definition) is 6. The second-order valence-corrected chi connectivity index (χ2v) is 6.72. The van der Waals surface area contributed by atoms with Gasteiger partial charge in [0.1, 0.15) is 5.92 Å². The fourth-order valence-corrected chi connectivity index (χ4v) is 4.03. The van der Waals surface area contributed by atoms with Crippen molar-refractivity contribution in [2.24, 2.45) is 0 Å². The molecule has 2 aromatic heterocycles. The number of carbonyl (C=O) groups is 1. The third-order valence-corrected chi connectivity index (χ3v) is 5.25. The fourth-order valence-electron chi connectivity index (χ4n) is 2.35. The minimum Gasteiger partial charge on any atom is -0.465 e. The van der Waals surface area contributed by atoms with Crippen molar-refractivity contribution in [3.8, 4) is 0 Å². The van der Waals surface area contributed by atoms with E-state index in [0.717, 1.165) is 30.2 Å². The molecule has 0 spiro atoms. The summed E-state index contributed by atoms with van der Waals surface area (Å²) in [6.45, 7) is 3.05. The van der Waals surface area contributed by atoms with Crippen LogP contribution < -0.4 is 5.32 Å². The van der Waals surface area contributed by atoms with Gasteiger partial charge < -0.3 is 10.1 Å². The van der Waals surface area contributed by atoms with E-state index in [9.17, 15) is 4.79 Å². The maximum absolute atomic E-state index is 11.9. The van der Waals surface area contributed by atoms with Crippen LogP contribution >= 0.6 is 22.7 Å². The number of fused-ring (bicyclic) bond motifs is 1. The Morgan fingerprint density at radius 2 is 2.50 bits per heavy atom. The van der Waals surface area contributed by atoms with Crippen molar-refractivity contribution in [2.75, 3.05) is 11.9 Å². The summed E-state index contributed by atoms with van der Waals surface area (Å²) in [6.07, 6.45) is 1.76. The molecule has 20 heavy (non-hydrogen) atoms. The maximum Gasteiger partial charge on any atom is 0.315 e. The lowest BCUT2D eigenvalue weighted by Gasteiger charge is -2.07. The van der Waals surface area contributed by atoms with Gasteiger partial charge in [-0.3, -0.25) is 4.79 Å². The molecule has 1 aliphatic carbocycles. The van der Waals surface area contributed by atoms with E-state index in [-0.39, 0.29) is 11.9 Å². The molecule has 1 N–H and O–H groups in total. The first kappa shape index (κ1) is 13.6. The van der Waals surface area contributed by atoms with E-state index in [0.29, 0.717) is 6.61 Å². The molecule has 0 bridgehead atoms. The van der Waals surface area contributed by atoms with Gasteiger partial charge in [-0.15, -0.1) is 22.7 Å². The second-order valence-electron chi connectivity index (χ2n) is 4.60. The molecule has 0 saturated carbocycles. The molecule has 4 nitrogen and oxygen atoms in total. The highest BCUT2D eigenvalue weighted by atomic mass is 32.1. The highest BCUT2D eigenvalue weighted by Gasteiger charge is 2.33. The minimum atomic E-state index is -0.168. The van der Waals surface area contributed by atoms with E-state index in [4.69, 9.17) is 4.74 Å². The van der Waals surface area contributed by atoms with Crippen molar-refractivity contribution >= 4 is 33.8 Å². The Balaban J connectivity index is 1.68. The fraction of sp³-hybridized carbons (Fsp3) is 0.429. The van der Waals surface area contributed by atoms with Crippen molar-refractivity contribution in [1.29, 1.82) is 0 Å². The first-order valence-electron chi connectivity index (χ1n) is 6.70. The van der Waals surface area contributed by atoms with E-state index in [1.54, 1.807) is 22.7 Å². The van der Waals surface area contributed by atoms with Gasteiger partial charge in [0.25, 0.3) is 0 Å². The van der Waals surface area contributed by atoms with Crippen molar-refractivity contribution in [3.05, 3.63) is 33.0 Å². The van der Waals surface area contributed by atoms with Gasteiger partial charge in [-0.05, 0) is 31.2 Å². The zero-order valence-corrected chi connectivity index (χ0v) is 12.9. The minimum absolute atomic E-state index is 0.138. The molecule has 0 radical (unpaired) electrons. The molecule has 1 unspecified atom stereocenters. The Labute approximate surface area is 125 Å². The third kappa shape index (κ3) is 2.71. The summed E-state index contributed by atoms with van der Waals surface area (Å²) in [6, 6.07) is 4.14. The molecule has 2 heterocycles. The van der Waals surface area contributed by atoms with E-state index in [1.807, 2.05) is 13.0 Å². The quantitative estimate of drug-likeness (QED) is 0.860. The van der Waals surface area contributed by atoms with Gasteiger partial charge in [-0.25, -0.2) is 4.98 Å². The normalized spacial score (nSPS) is 16.9. The number of hydrogen-bond donors (Lipinski definition) is 1. The standard InChI is InChI=1S/C14H16N2O2S2/c1-2-18-13(17)10-5-6-11-12(10)16-14(20-11)15-8-9-4-3-7-19-9/h3-4,7,10H,2,5-6,8H2,1H3,(H,15,16). The summed E-state index contributed by atoms with van der Waals surface area (Å²) in [7, 11) is 0. The van der Waals surface area contributed by atoms with Crippen molar-refractivity contribution in [3.63, 3.8) is 0 Å². The number of thiazole rings is 1. The van der Waals surface area contributed by atoms with Crippen molar-refractivity contribution in [1.82, 2.24) is 4.98 Å². The molecule has 1 atom stereocenters. The predicted octanol–water partition coefficient (Wildman–Crippen LogP) is 3.41. The topological polar surface area (TPSA) is 51.2 Å². The Kier molecular flexibility index (Phi) is 4.03. The summed E-state index contributed by atoms with van der Waals surface area (Å²) in [4.78, 5) is 19.0. The lowest BCUT2D eigenvalue weighted by atomic mass is 10.1. The molecule has 0 aliphatic heterocycles. The van der Waals surface area contributed by atoms with Crippen LogP contribution in [0.25, 0.3) is 0 Å². The monoisotopic (exact) mass is 308 g/mol. The van der Waals surface area contributed by atoms with Crippen molar-refractivity contribution < 1.29 is 9.53 Å². The lowest BCUT2D eigenvalue weighted by molar-refractivity contribution is -0.145. The van der Waals surface area contributed by atoms with Crippen LogP contribution in [0, 0.1) is 0 Å². The van der Waals surface area contributed by atoms with Gasteiger partial charge in [-0.1, -0.05) is 6.07 Å². The largest absolute Gasteiger partial charge is 0.465 e. The number of thiophene rings is 1. The summed E-state index contributed by atoms with van der Waals surface area (Å²) in [5.74, 6) is -0.306. The van der Waals surface area contributed by atoms with Gasteiger partial charge in [0.15, 0.2) is 5.13 Å². The summed E-state index contributed by atoms with van der Waals surface area (Å²) in [5, 5.41) is 6.30. The van der Waals surface area contributed by atoms with Gasteiger partial charge in [0.05, 0.1) is 18.8 Å². The van der Waals surface area contributed by atoms with Crippen molar-refractivity contribution in [2.45, 2.75) is 32.2 Å². The number of nitrogens with zero attached hydrogens (tertiary/aromatic N) is 1. The zero-order valence-electron chi connectivity index (χ0n) is 11.2. The average molecular weight is 308 g/mol. The summed E-state index contributed by atoms with van der Waals surface area (Å²) < 4.78 is 5.12. The molecule has 3 rings (SSSR count). The number of rotatable bonds is 5. The lowest BCUT2D eigenvalue weighted by Crippen LogP contribution is -2.14. The summed E-state index contributed by atoms with van der Waals surface area (Å²) >= 11 is 3.38. The molecular formula is C14H16N2O2S2. The maximum atomic E-state index is 11.9. The van der Waals surface area contributed by atoms with E-state index >= 15 is 0 Å². The molecule has 0 aromatic carbocycles. The number of carbonyl (C=O) groups excluding carboxylic acids is 1. The van der Waals surface area contributed by atoms with Crippen LogP contribution in [0.3, 0.4) is 0 Å². The Morgan fingerprint density at radius 3 is 3.25 bits per heavy atom. The molecule has 6 heteroatoms. The Hall–Kier alpha value is -1.40. The molecule has 0 amide bonds. The Bertz CT molecular complexity index is 592. The first-order chi connectivity index (χ1) is 9.78. The number of aryl methyl sites for hydroxylation is 1. The molecule has 0 fully saturated rings. The number of anilines is 1. The smallest absolute Gasteiger partial charge is 0.315 e. The van der Waals surface area contributed by atoms with Crippen LogP contribution in [0.15, 0.2) is 17.5 Å². The van der Waals surface area contributed by atoms with E-state index in [1.165, 1.54) is 9.75 Å². The average Bonchev–Trinajstić information content (AvgIpc) is 3.13. The molecular weight excluding hydrogens is 292 g/mol. The molecule has 1 aliphatic rings. The van der Waals surface area contributed by atoms with Crippen LogP contribution in [0.1, 0.15) is 34.7 Å². The first-order valence-corrected chi connectivity index (χ1v) is 8.40. The van der Waals surface area contributed by atoms with E-state index in [2.05, 4.69) is 21.7 Å². The number of ether oxygens (including phenoxy) is 1. The number of aromatic nitrogens is 1. The highest BCUT2D eigenvalue weighted by molar-refractivity contribution is 7.15. The molecule has 2 aromatic rings. The molecule has 0 saturated heterocycles. The number of esters is 1. The van der Waals surface area contributed by atoms with E-state index < -0.39 is 0 Å². The van der Waals surface area contributed by atoms with Crippen LogP contribution in [-0.2, 0) is 22.5 Å². The second kappa shape index (κ2) is 5.93. The van der Waals surface area contributed by atoms with Crippen LogP contribution in [-0.4, -0.2) is 17.6 Å².